The lowest BCUT2D eigenvalue weighted by molar-refractivity contribution is 0.103. The van der Waals surface area contributed by atoms with Gasteiger partial charge in [0, 0.05) is 44.2 Å². The molecule has 2 rings (SSSR count). The fourth-order valence-electron chi connectivity index (χ4n) is 2.08. The van der Waals surface area contributed by atoms with Gasteiger partial charge < -0.3 is 15.5 Å². The van der Waals surface area contributed by atoms with E-state index in [4.69, 9.17) is 0 Å². The van der Waals surface area contributed by atoms with Gasteiger partial charge in [-0.3, -0.25) is 9.36 Å². The lowest BCUT2D eigenvalue weighted by atomic mass is 10.1. The molecule has 20 heavy (non-hydrogen) atoms. The maximum atomic E-state index is 9.53. The van der Waals surface area contributed by atoms with Crippen molar-refractivity contribution < 1.29 is 10.2 Å². The molecule has 0 aliphatic rings. The van der Waals surface area contributed by atoms with Crippen LogP contribution in [0.2, 0.25) is 0 Å². The van der Waals surface area contributed by atoms with Gasteiger partial charge >= 0.3 is 0 Å². The zero-order valence-electron chi connectivity index (χ0n) is 12.0. The Kier molecular flexibility index (Phi) is 4.53. The summed E-state index contributed by atoms with van der Waals surface area (Å²) < 4.78 is 3.48. The van der Waals surface area contributed by atoms with Gasteiger partial charge in [0.15, 0.2) is 0 Å². The maximum Gasteiger partial charge on any atom is 0.0999 e. The molecule has 0 saturated heterocycles. The predicted octanol–water partition coefficient (Wildman–Crippen LogP) is -0.348. The van der Waals surface area contributed by atoms with Crippen molar-refractivity contribution in [3.05, 3.63) is 24.2 Å². The molecular formula is C13H21N5O2. The third kappa shape index (κ3) is 3.24. The highest BCUT2D eigenvalue weighted by Crippen LogP contribution is 2.21. The van der Waals surface area contributed by atoms with E-state index in [1.165, 1.54) is 0 Å². The van der Waals surface area contributed by atoms with Gasteiger partial charge in [0.05, 0.1) is 30.6 Å². The number of aliphatic hydroxyl groups excluding tert-OH is 2. The summed E-state index contributed by atoms with van der Waals surface area (Å²) in [5.41, 5.74) is 2.80. The number of nitrogens with one attached hydrogen (secondary N) is 1. The quantitative estimate of drug-likeness (QED) is 0.673. The molecule has 0 unspecified atom stereocenters. The standard InChI is InChI=1S/C13H21N5O2/c1-9(20)12(8-19)14-4-10-7-18(3)16-13(10)11-5-15-17(2)6-11/h5-7,9,12,14,19-20H,4,8H2,1-3H3/t9-,12-/m1/s1. The van der Waals surface area contributed by atoms with E-state index in [1.807, 2.05) is 26.5 Å². The van der Waals surface area contributed by atoms with Crippen molar-refractivity contribution >= 4 is 0 Å². The first-order valence-electron chi connectivity index (χ1n) is 6.55. The second-order valence-corrected chi connectivity index (χ2v) is 4.99. The Hall–Kier alpha value is -1.70. The monoisotopic (exact) mass is 279 g/mol. The van der Waals surface area contributed by atoms with Gasteiger partial charge in [-0.05, 0) is 6.92 Å². The number of aromatic nitrogens is 4. The largest absolute Gasteiger partial charge is 0.395 e. The molecule has 0 radical (unpaired) electrons. The average molecular weight is 279 g/mol. The van der Waals surface area contributed by atoms with Crippen molar-refractivity contribution in [1.82, 2.24) is 24.9 Å². The molecule has 2 heterocycles. The average Bonchev–Trinajstić information content (AvgIpc) is 2.96. The molecule has 2 aromatic rings. The minimum atomic E-state index is -0.612. The normalized spacial score (nSPS) is 14.4. The highest BCUT2D eigenvalue weighted by atomic mass is 16.3. The Morgan fingerprint density at radius 2 is 2.05 bits per heavy atom. The van der Waals surface area contributed by atoms with Gasteiger partial charge in [-0.25, -0.2) is 0 Å². The van der Waals surface area contributed by atoms with Gasteiger partial charge in [-0.2, -0.15) is 10.2 Å². The molecule has 110 valence electrons. The lowest BCUT2D eigenvalue weighted by Crippen LogP contribution is -2.40. The molecule has 2 atom stereocenters. The van der Waals surface area contributed by atoms with Crippen LogP contribution in [0.5, 0.6) is 0 Å². The highest BCUT2D eigenvalue weighted by Gasteiger charge is 2.16. The van der Waals surface area contributed by atoms with Gasteiger partial charge in [0.2, 0.25) is 0 Å². The van der Waals surface area contributed by atoms with Crippen LogP contribution in [0.25, 0.3) is 11.3 Å². The van der Waals surface area contributed by atoms with Crippen LogP contribution in [0.1, 0.15) is 12.5 Å². The summed E-state index contributed by atoms with van der Waals surface area (Å²) >= 11 is 0. The van der Waals surface area contributed by atoms with Crippen LogP contribution in [-0.2, 0) is 20.6 Å². The number of aryl methyl sites for hydroxylation is 2. The van der Waals surface area contributed by atoms with Crippen LogP contribution in [-0.4, -0.2) is 48.5 Å². The van der Waals surface area contributed by atoms with E-state index in [-0.39, 0.29) is 12.6 Å². The van der Waals surface area contributed by atoms with Crippen LogP contribution in [0.4, 0.5) is 0 Å². The summed E-state index contributed by atoms with van der Waals surface area (Å²) in [4.78, 5) is 0. The number of aliphatic hydroxyl groups is 2. The van der Waals surface area contributed by atoms with Crippen LogP contribution in [0.3, 0.4) is 0 Å². The minimum absolute atomic E-state index is 0.111. The maximum absolute atomic E-state index is 9.53. The Labute approximate surface area is 117 Å². The Morgan fingerprint density at radius 3 is 2.60 bits per heavy atom. The zero-order chi connectivity index (χ0) is 14.7. The fraction of sp³-hybridized carbons (Fsp3) is 0.538. The number of hydrogen-bond acceptors (Lipinski definition) is 5. The van der Waals surface area contributed by atoms with Crippen molar-refractivity contribution in [3.63, 3.8) is 0 Å². The molecule has 0 aromatic carbocycles. The van der Waals surface area contributed by atoms with E-state index in [1.54, 1.807) is 22.5 Å². The van der Waals surface area contributed by atoms with Crippen molar-refractivity contribution in [2.45, 2.75) is 25.6 Å². The van der Waals surface area contributed by atoms with Crippen molar-refractivity contribution in [2.24, 2.45) is 14.1 Å². The fourth-order valence-corrected chi connectivity index (χ4v) is 2.08. The molecule has 0 aliphatic heterocycles. The molecule has 7 nitrogen and oxygen atoms in total. The predicted molar refractivity (Wildman–Crippen MR) is 74.8 cm³/mol. The summed E-state index contributed by atoms with van der Waals surface area (Å²) in [6, 6.07) is -0.350. The lowest BCUT2D eigenvalue weighted by Gasteiger charge is -2.18. The van der Waals surface area contributed by atoms with Crippen LogP contribution >= 0.6 is 0 Å². The second kappa shape index (κ2) is 6.17. The van der Waals surface area contributed by atoms with Gasteiger partial charge in [-0.15, -0.1) is 0 Å². The molecular weight excluding hydrogens is 258 g/mol. The van der Waals surface area contributed by atoms with Crippen molar-refractivity contribution in [2.75, 3.05) is 6.61 Å². The SMILES string of the molecule is C[C@@H](O)[C@@H](CO)NCc1cn(C)nc1-c1cnn(C)c1. The van der Waals surface area contributed by atoms with Gasteiger partial charge in [0.1, 0.15) is 0 Å². The van der Waals surface area contributed by atoms with Crippen LogP contribution < -0.4 is 5.32 Å². The third-order valence-electron chi connectivity index (χ3n) is 3.22. The highest BCUT2D eigenvalue weighted by molar-refractivity contribution is 5.60. The summed E-state index contributed by atoms with van der Waals surface area (Å²) in [5.74, 6) is 0. The van der Waals surface area contributed by atoms with E-state index >= 15 is 0 Å². The van der Waals surface area contributed by atoms with E-state index < -0.39 is 6.10 Å². The molecule has 0 amide bonds. The van der Waals surface area contributed by atoms with Crippen molar-refractivity contribution in [3.8, 4) is 11.3 Å². The van der Waals surface area contributed by atoms with Crippen LogP contribution in [0.15, 0.2) is 18.6 Å². The number of rotatable bonds is 6. The van der Waals surface area contributed by atoms with Gasteiger partial charge in [0.25, 0.3) is 0 Å². The molecule has 0 bridgehead atoms. The zero-order valence-corrected chi connectivity index (χ0v) is 12.0. The van der Waals surface area contributed by atoms with Crippen LogP contribution in [0, 0.1) is 0 Å². The smallest absolute Gasteiger partial charge is 0.0999 e. The van der Waals surface area contributed by atoms with E-state index in [0.717, 1.165) is 16.8 Å². The number of nitrogens with zero attached hydrogens (tertiary/aromatic N) is 4. The van der Waals surface area contributed by atoms with E-state index in [2.05, 4.69) is 15.5 Å². The Morgan fingerprint density at radius 1 is 1.30 bits per heavy atom. The first-order valence-corrected chi connectivity index (χ1v) is 6.55. The molecule has 0 spiro atoms. The third-order valence-corrected chi connectivity index (χ3v) is 3.22. The minimum Gasteiger partial charge on any atom is -0.395 e. The summed E-state index contributed by atoms with van der Waals surface area (Å²) in [6.45, 7) is 2.06. The first-order chi connectivity index (χ1) is 9.51. The van der Waals surface area contributed by atoms with Crippen molar-refractivity contribution in [1.29, 1.82) is 0 Å². The molecule has 3 N–H and O–H groups in total. The first kappa shape index (κ1) is 14.7. The summed E-state index contributed by atoms with van der Waals surface area (Å²) in [5, 5.41) is 30.5. The Bertz CT molecular complexity index is 561. The number of hydrogen-bond donors (Lipinski definition) is 3. The van der Waals surface area contributed by atoms with Gasteiger partial charge in [-0.1, -0.05) is 0 Å². The molecule has 0 fully saturated rings. The van der Waals surface area contributed by atoms with E-state index in [9.17, 15) is 10.2 Å². The summed E-state index contributed by atoms with van der Waals surface area (Å²) in [7, 11) is 3.72. The Balaban J connectivity index is 2.16. The molecule has 7 heteroatoms. The topological polar surface area (TPSA) is 88.1 Å². The molecule has 0 saturated carbocycles. The van der Waals surface area contributed by atoms with E-state index in [0.29, 0.717) is 6.54 Å². The summed E-state index contributed by atoms with van der Waals surface area (Å²) in [6.07, 6.45) is 4.98. The molecule has 0 aliphatic carbocycles. The molecule has 2 aromatic heterocycles. The second-order valence-electron chi connectivity index (χ2n) is 4.99.